The molecule has 100 valence electrons. The molecule has 4 nitrogen and oxygen atoms in total. The summed E-state index contributed by atoms with van der Waals surface area (Å²) in [6.45, 7) is 2.72. The fraction of sp³-hybridized carbons (Fsp3) is 0.538. The van der Waals surface area contributed by atoms with Gasteiger partial charge < -0.3 is 10.1 Å². The van der Waals surface area contributed by atoms with E-state index in [0.717, 1.165) is 12.0 Å². The van der Waals surface area contributed by atoms with E-state index in [1.807, 2.05) is 19.1 Å². The lowest BCUT2D eigenvalue weighted by Gasteiger charge is -2.19. The zero-order valence-corrected chi connectivity index (χ0v) is 11.5. The van der Waals surface area contributed by atoms with Crippen LogP contribution in [0, 0.1) is 0 Å². The normalized spacial score (nSPS) is 22.7. The molecule has 5 heteroatoms. The summed E-state index contributed by atoms with van der Waals surface area (Å²) in [5.41, 5.74) is 0.891. The van der Waals surface area contributed by atoms with Crippen LogP contribution in [0.15, 0.2) is 29.2 Å². The SMILES string of the molecule is COCCC(C)NC1CS(=O)(=O)c2ccccc21. The van der Waals surface area contributed by atoms with E-state index < -0.39 is 9.84 Å². The average molecular weight is 269 g/mol. The molecule has 0 spiro atoms. The minimum Gasteiger partial charge on any atom is -0.385 e. The molecule has 18 heavy (non-hydrogen) atoms. The summed E-state index contributed by atoms with van der Waals surface area (Å²) in [6.07, 6.45) is 0.870. The van der Waals surface area contributed by atoms with E-state index in [1.54, 1.807) is 19.2 Å². The van der Waals surface area contributed by atoms with Gasteiger partial charge in [0.15, 0.2) is 9.84 Å². The molecular formula is C13H19NO3S. The standard InChI is InChI=1S/C13H19NO3S/c1-10(7-8-17-2)14-12-9-18(15,16)13-6-4-3-5-11(12)13/h3-6,10,12,14H,7-9H2,1-2H3. The number of sulfone groups is 1. The van der Waals surface area contributed by atoms with Gasteiger partial charge in [-0.15, -0.1) is 0 Å². The van der Waals surface area contributed by atoms with Crippen LogP contribution in [-0.4, -0.2) is 33.9 Å². The highest BCUT2D eigenvalue weighted by molar-refractivity contribution is 7.91. The van der Waals surface area contributed by atoms with Crippen LogP contribution in [0.1, 0.15) is 24.9 Å². The quantitative estimate of drug-likeness (QED) is 0.880. The van der Waals surface area contributed by atoms with Crippen LogP contribution in [-0.2, 0) is 14.6 Å². The maximum atomic E-state index is 12.0. The minimum atomic E-state index is -3.11. The third-order valence-electron chi connectivity index (χ3n) is 3.26. The lowest BCUT2D eigenvalue weighted by Crippen LogP contribution is -2.32. The van der Waals surface area contributed by atoms with Gasteiger partial charge in [0.2, 0.25) is 0 Å². The highest BCUT2D eigenvalue weighted by Crippen LogP contribution is 2.33. The molecule has 0 saturated carbocycles. The molecule has 1 aliphatic heterocycles. The molecule has 0 aromatic heterocycles. The molecule has 0 amide bonds. The summed E-state index contributed by atoms with van der Waals surface area (Å²) >= 11 is 0. The van der Waals surface area contributed by atoms with Gasteiger partial charge in [0.1, 0.15) is 0 Å². The van der Waals surface area contributed by atoms with Crippen molar-refractivity contribution in [1.29, 1.82) is 0 Å². The van der Waals surface area contributed by atoms with E-state index in [4.69, 9.17) is 4.74 Å². The Balaban J connectivity index is 2.13. The molecule has 1 N–H and O–H groups in total. The van der Waals surface area contributed by atoms with Gasteiger partial charge >= 0.3 is 0 Å². The predicted octanol–water partition coefficient (Wildman–Crippen LogP) is 1.53. The second-order valence-electron chi connectivity index (χ2n) is 4.72. The first-order valence-electron chi connectivity index (χ1n) is 6.11. The lowest BCUT2D eigenvalue weighted by atomic mass is 10.1. The van der Waals surface area contributed by atoms with E-state index in [1.165, 1.54) is 0 Å². The van der Waals surface area contributed by atoms with Gasteiger partial charge in [-0.05, 0) is 25.0 Å². The minimum absolute atomic E-state index is 0.0990. The lowest BCUT2D eigenvalue weighted by molar-refractivity contribution is 0.183. The highest BCUT2D eigenvalue weighted by atomic mass is 32.2. The summed E-state index contributed by atoms with van der Waals surface area (Å²) < 4.78 is 29.0. The largest absolute Gasteiger partial charge is 0.385 e. The van der Waals surface area contributed by atoms with Gasteiger partial charge in [-0.2, -0.15) is 0 Å². The van der Waals surface area contributed by atoms with Crippen molar-refractivity contribution >= 4 is 9.84 Å². The first kappa shape index (κ1) is 13.5. The molecular weight excluding hydrogens is 250 g/mol. The Morgan fingerprint density at radius 3 is 2.89 bits per heavy atom. The number of fused-ring (bicyclic) bond motifs is 1. The number of hydrogen-bond donors (Lipinski definition) is 1. The Labute approximate surface area is 108 Å². The molecule has 0 saturated heterocycles. The van der Waals surface area contributed by atoms with Crippen molar-refractivity contribution in [2.45, 2.75) is 30.3 Å². The predicted molar refractivity (Wildman–Crippen MR) is 70.3 cm³/mol. The zero-order chi connectivity index (χ0) is 13.2. The average Bonchev–Trinajstić information content (AvgIpc) is 2.59. The summed E-state index contributed by atoms with van der Waals surface area (Å²) in [5, 5.41) is 3.37. The van der Waals surface area contributed by atoms with Crippen LogP contribution in [0.25, 0.3) is 0 Å². The molecule has 0 radical (unpaired) electrons. The van der Waals surface area contributed by atoms with Crippen molar-refractivity contribution in [3.05, 3.63) is 29.8 Å². The Bertz CT molecular complexity index is 513. The van der Waals surface area contributed by atoms with Crippen LogP contribution in [0.3, 0.4) is 0 Å². The molecule has 1 aromatic rings. The first-order valence-corrected chi connectivity index (χ1v) is 7.76. The summed E-state index contributed by atoms with van der Waals surface area (Å²) in [7, 11) is -1.45. The molecule has 1 aromatic carbocycles. The monoisotopic (exact) mass is 269 g/mol. The van der Waals surface area contributed by atoms with E-state index in [9.17, 15) is 8.42 Å². The number of hydrogen-bond acceptors (Lipinski definition) is 4. The second kappa shape index (κ2) is 5.38. The van der Waals surface area contributed by atoms with Crippen molar-refractivity contribution in [1.82, 2.24) is 5.32 Å². The van der Waals surface area contributed by atoms with Gasteiger partial charge in [-0.1, -0.05) is 18.2 Å². The summed E-state index contributed by atoms with van der Waals surface area (Å²) in [5.74, 6) is 0.156. The summed E-state index contributed by atoms with van der Waals surface area (Å²) in [4.78, 5) is 0.474. The van der Waals surface area contributed by atoms with Crippen molar-refractivity contribution < 1.29 is 13.2 Å². The second-order valence-corrected chi connectivity index (χ2v) is 6.72. The molecule has 0 bridgehead atoms. The molecule has 0 aliphatic carbocycles. The third kappa shape index (κ3) is 2.74. The number of benzene rings is 1. The Kier molecular flexibility index (Phi) is 4.04. The van der Waals surface area contributed by atoms with Crippen LogP contribution in [0.2, 0.25) is 0 Å². The van der Waals surface area contributed by atoms with Gasteiger partial charge in [-0.25, -0.2) is 8.42 Å². The number of methoxy groups -OCH3 is 1. The van der Waals surface area contributed by atoms with Gasteiger partial charge in [0.25, 0.3) is 0 Å². The Morgan fingerprint density at radius 1 is 1.44 bits per heavy atom. The fourth-order valence-electron chi connectivity index (χ4n) is 2.31. The number of ether oxygens (including phenoxy) is 1. The Morgan fingerprint density at radius 2 is 2.17 bits per heavy atom. The summed E-state index contributed by atoms with van der Waals surface area (Å²) in [6, 6.07) is 7.36. The van der Waals surface area contributed by atoms with Gasteiger partial charge in [-0.3, -0.25) is 0 Å². The first-order chi connectivity index (χ1) is 8.54. The van der Waals surface area contributed by atoms with Crippen LogP contribution >= 0.6 is 0 Å². The Hall–Kier alpha value is -0.910. The zero-order valence-electron chi connectivity index (χ0n) is 10.7. The van der Waals surface area contributed by atoms with Crippen LogP contribution in [0.4, 0.5) is 0 Å². The van der Waals surface area contributed by atoms with E-state index in [2.05, 4.69) is 5.32 Å². The maximum Gasteiger partial charge on any atom is 0.180 e. The van der Waals surface area contributed by atoms with Crippen molar-refractivity contribution in [3.63, 3.8) is 0 Å². The van der Waals surface area contributed by atoms with E-state index in [-0.39, 0.29) is 17.8 Å². The van der Waals surface area contributed by atoms with Crippen molar-refractivity contribution in [3.8, 4) is 0 Å². The van der Waals surface area contributed by atoms with Gasteiger partial charge in [0, 0.05) is 25.8 Å². The van der Waals surface area contributed by atoms with Crippen LogP contribution < -0.4 is 5.32 Å². The smallest absolute Gasteiger partial charge is 0.180 e. The number of rotatable bonds is 5. The molecule has 2 rings (SSSR count). The fourth-order valence-corrected chi connectivity index (χ4v) is 4.06. The molecule has 1 heterocycles. The number of nitrogens with one attached hydrogen (secondary N) is 1. The van der Waals surface area contributed by atoms with E-state index in [0.29, 0.717) is 11.5 Å². The molecule has 0 fully saturated rings. The third-order valence-corrected chi connectivity index (χ3v) is 5.07. The molecule has 2 atom stereocenters. The van der Waals surface area contributed by atoms with E-state index >= 15 is 0 Å². The van der Waals surface area contributed by atoms with Gasteiger partial charge in [0.05, 0.1) is 10.6 Å². The highest BCUT2D eigenvalue weighted by Gasteiger charge is 2.34. The maximum absolute atomic E-state index is 12.0. The molecule has 2 unspecified atom stereocenters. The van der Waals surface area contributed by atoms with Crippen molar-refractivity contribution in [2.24, 2.45) is 0 Å². The van der Waals surface area contributed by atoms with Crippen molar-refractivity contribution in [2.75, 3.05) is 19.5 Å². The topological polar surface area (TPSA) is 55.4 Å². The van der Waals surface area contributed by atoms with Crippen LogP contribution in [0.5, 0.6) is 0 Å². The molecule has 1 aliphatic rings.